The Morgan fingerprint density at radius 1 is 1.26 bits per heavy atom. The number of rotatable bonds is 4. The minimum Gasteiger partial charge on any atom is -0.353 e. The van der Waals surface area contributed by atoms with Crippen molar-refractivity contribution in [1.82, 2.24) is 10.6 Å². The topological polar surface area (TPSA) is 41.1 Å². The highest BCUT2D eigenvalue weighted by Gasteiger charge is 2.14. The van der Waals surface area contributed by atoms with Crippen molar-refractivity contribution >= 4 is 34.2 Å². The molecule has 2 rings (SSSR count). The maximum Gasteiger partial charge on any atom is 0.220 e. The first-order chi connectivity index (χ1) is 8.74. The normalized spacial score (nSPS) is 15.6. The summed E-state index contributed by atoms with van der Waals surface area (Å²) in [5.41, 5.74) is 1.21. The molecule has 0 aromatic heterocycles. The molecule has 1 fully saturated rings. The molecule has 1 saturated heterocycles. The van der Waals surface area contributed by atoms with Crippen molar-refractivity contribution in [2.45, 2.75) is 31.7 Å². The number of amides is 1. The Kier molecular flexibility index (Phi) is 7.42. The lowest BCUT2D eigenvalue weighted by atomic mass is 10.1. The maximum atomic E-state index is 11.8. The SMILES string of the molecule is Cl.O=C(CCc1ccc(Br)cc1)NC1CCNCC1. The monoisotopic (exact) mass is 346 g/mol. The Balaban J connectivity index is 0.00000180. The molecule has 1 heterocycles. The Labute approximate surface area is 129 Å². The van der Waals surface area contributed by atoms with Gasteiger partial charge in [0.1, 0.15) is 0 Å². The fourth-order valence-corrected chi connectivity index (χ4v) is 2.44. The van der Waals surface area contributed by atoms with Crippen LogP contribution in [0, 0.1) is 0 Å². The second-order valence-corrected chi connectivity index (χ2v) is 5.63. The van der Waals surface area contributed by atoms with Crippen LogP contribution in [0.2, 0.25) is 0 Å². The molecule has 0 spiro atoms. The molecule has 1 aliphatic rings. The fourth-order valence-electron chi connectivity index (χ4n) is 2.18. The van der Waals surface area contributed by atoms with E-state index >= 15 is 0 Å². The van der Waals surface area contributed by atoms with Crippen molar-refractivity contribution in [3.63, 3.8) is 0 Å². The van der Waals surface area contributed by atoms with E-state index in [0.717, 1.165) is 36.8 Å². The number of benzene rings is 1. The summed E-state index contributed by atoms with van der Waals surface area (Å²) in [5, 5.41) is 6.41. The average Bonchev–Trinajstić information content (AvgIpc) is 2.39. The predicted octanol–water partition coefficient (Wildman–Crippen LogP) is 2.67. The van der Waals surface area contributed by atoms with Crippen LogP contribution in [0.3, 0.4) is 0 Å². The molecule has 0 aliphatic carbocycles. The van der Waals surface area contributed by atoms with E-state index in [1.54, 1.807) is 0 Å². The van der Waals surface area contributed by atoms with Crippen molar-refractivity contribution < 1.29 is 4.79 Å². The van der Waals surface area contributed by atoms with Crippen LogP contribution >= 0.6 is 28.3 Å². The van der Waals surface area contributed by atoms with Gasteiger partial charge in [-0.05, 0) is 50.0 Å². The first-order valence-corrected chi connectivity index (χ1v) is 7.28. The van der Waals surface area contributed by atoms with Gasteiger partial charge in [-0.1, -0.05) is 28.1 Å². The molecule has 1 aliphatic heterocycles. The third-order valence-electron chi connectivity index (χ3n) is 3.26. The summed E-state index contributed by atoms with van der Waals surface area (Å²) >= 11 is 3.41. The summed E-state index contributed by atoms with van der Waals surface area (Å²) in [6.45, 7) is 2.02. The van der Waals surface area contributed by atoms with E-state index in [-0.39, 0.29) is 18.3 Å². The molecule has 0 unspecified atom stereocenters. The van der Waals surface area contributed by atoms with Gasteiger partial charge in [0.2, 0.25) is 5.91 Å². The van der Waals surface area contributed by atoms with Crippen molar-refractivity contribution in [1.29, 1.82) is 0 Å². The number of hydrogen-bond donors (Lipinski definition) is 2. The Morgan fingerprint density at radius 3 is 2.53 bits per heavy atom. The number of nitrogens with one attached hydrogen (secondary N) is 2. The molecule has 0 atom stereocenters. The van der Waals surface area contributed by atoms with Gasteiger partial charge in [-0.25, -0.2) is 0 Å². The highest BCUT2D eigenvalue weighted by Crippen LogP contribution is 2.12. The molecule has 1 aromatic rings. The van der Waals surface area contributed by atoms with Gasteiger partial charge < -0.3 is 10.6 Å². The lowest BCUT2D eigenvalue weighted by Gasteiger charge is -2.23. The second-order valence-electron chi connectivity index (χ2n) is 4.72. The standard InChI is InChI=1S/C14H19BrN2O.ClH/c15-12-4-1-11(2-5-12)3-6-14(18)17-13-7-9-16-10-8-13;/h1-2,4-5,13,16H,3,6-10H2,(H,17,18);1H. The van der Waals surface area contributed by atoms with Crippen molar-refractivity contribution in [3.8, 4) is 0 Å². The van der Waals surface area contributed by atoms with Gasteiger partial charge in [-0.3, -0.25) is 4.79 Å². The van der Waals surface area contributed by atoms with Crippen LogP contribution in [0.1, 0.15) is 24.8 Å². The number of halogens is 2. The zero-order valence-corrected chi connectivity index (χ0v) is 13.2. The van der Waals surface area contributed by atoms with Gasteiger partial charge in [0.15, 0.2) is 0 Å². The van der Waals surface area contributed by atoms with Crippen LogP contribution < -0.4 is 10.6 Å². The van der Waals surface area contributed by atoms with Gasteiger partial charge in [0.05, 0.1) is 0 Å². The molecule has 19 heavy (non-hydrogen) atoms. The lowest BCUT2D eigenvalue weighted by Crippen LogP contribution is -2.42. The van der Waals surface area contributed by atoms with Gasteiger partial charge in [-0.15, -0.1) is 12.4 Å². The van der Waals surface area contributed by atoms with E-state index < -0.39 is 0 Å². The molecule has 0 radical (unpaired) electrons. The lowest BCUT2D eigenvalue weighted by molar-refractivity contribution is -0.121. The number of carbonyl (C=O) groups excluding carboxylic acids is 1. The van der Waals surface area contributed by atoms with E-state index in [0.29, 0.717) is 12.5 Å². The van der Waals surface area contributed by atoms with Gasteiger partial charge in [0.25, 0.3) is 0 Å². The van der Waals surface area contributed by atoms with E-state index in [2.05, 4.69) is 38.7 Å². The summed E-state index contributed by atoms with van der Waals surface area (Å²) in [7, 11) is 0. The molecular formula is C14H20BrClN2O. The molecule has 2 N–H and O–H groups in total. The zero-order valence-electron chi connectivity index (χ0n) is 10.8. The van der Waals surface area contributed by atoms with Gasteiger partial charge >= 0.3 is 0 Å². The molecule has 1 amide bonds. The highest BCUT2D eigenvalue weighted by molar-refractivity contribution is 9.10. The van der Waals surface area contributed by atoms with E-state index in [1.165, 1.54) is 5.56 Å². The third-order valence-corrected chi connectivity index (χ3v) is 3.79. The molecule has 106 valence electrons. The van der Waals surface area contributed by atoms with Gasteiger partial charge in [0, 0.05) is 16.9 Å². The average molecular weight is 348 g/mol. The van der Waals surface area contributed by atoms with Crippen LogP contribution in [0.15, 0.2) is 28.7 Å². The maximum absolute atomic E-state index is 11.8. The number of hydrogen-bond acceptors (Lipinski definition) is 2. The molecule has 0 saturated carbocycles. The summed E-state index contributed by atoms with van der Waals surface area (Å²) in [6.07, 6.45) is 3.48. The zero-order chi connectivity index (χ0) is 12.8. The Bertz CT molecular complexity index is 391. The van der Waals surface area contributed by atoms with Crippen LogP contribution in [-0.4, -0.2) is 25.0 Å². The molecular weight excluding hydrogens is 328 g/mol. The number of piperidine rings is 1. The molecule has 3 nitrogen and oxygen atoms in total. The quantitative estimate of drug-likeness (QED) is 0.879. The Hall–Kier alpha value is -0.580. The van der Waals surface area contributed by atoms with E-state index in [4.69, 9.17) is 0 Å². The van der Waals surface area contributed by atoms with Crippen LogP contribution in [0.4, 0.5) is 0 Å². The smallest absolute Gasteiger partial charge is 0.220 e. The van der Waals surface area contributed by atoms with Crippen molar-refractivity contribution in [3.05, 3.63) is 34.3 Å². The predicted molar refractivity (Wildman–Crippen MR) is 83.7 cm³/mol. The van der Waals surface area contributed by atoms with Crippen molar-refractivity contribution in [2.24, 2.45) is 0 Å². The second kappa shape index (κ2) is 8.56. The first-order valence-electron chi connectivity index (χ1n) is 6.48. The Morgan fingerprint density at radius 2 is 1.89 bits per heavy atom. The minimum atomic E-state index is 0. The van der Waals surface area contributed by atoms with Crippen LogP contribution in [-0.2, 0) is 11.2 Å². The van der Waals surface area contributed by atoms with Crippen LogP contribution in [0.25, 0.3) is 0 Å². The summed E-state index contributed by atoms with van der Waals surface area (Å²) in [5.74, 6) is 0.171. The summed E-state index contributed by atoms with van der Waals surface area (Å²) in [4.78, 5) is 11.8. The van der Waals surface area contributed by atoms with Crippen molar-refractivity contribution in [2.75, 3.05) is 13.1 Å². The minimum absolute atomic E-state index is 0. The third kappa shape index (κ3) is 5.93. The molecule has 0 bridgehead atoms. The highest BCUT2D eigenvalue weighted by atomic mass is 79.9. The first kappa shape index (κ1) is 16.5. The van der Waals surface area contributed by atoms with Crippen LogP contribution in [0.5, 0.6) is 0 Å². The summed E-state index contributed by atoms with van der Waals surface area (Å²) < 4.78 is 1.07. The largest absolute Gasteiger partial charge is 0.353 e. The number of carbonyl (C=O) groups is 1. The van der Waals surface area contributed by atoms with E-state index in [1.807, 2.05) is 12.1 Å². The molecule has 5 heteroatoms. The van der Waals surface area contributed by atoms with Gasteiger partial charge in [-0.2, -0.15) is 0 Å². The summed E-state index contributed by atoms with van der Waals surface area (Å²) in [6, 6.07) is 8.51. The fraction of sp³-hybridized carbons (Fsp3) is 0.500. The number of aryl methyl sites for hydroxylation is 1. The molecule has 1 aromatic carbocycles. The van der Waals surface area contributed by atoms with E-state index in [9.17, 15) is 4.79 Å².